The average molecular weight is 275 g/mol. The molecule has 15 heavy (non-hydrogen) atoms. The van der Waals surface area contributed by atoms with Gasteiger partial charge in [-0.2, -0.15) is 0 Å². The van der Waals surface area contributed by atoms with E-state index in [2.05, 4.69) is 26.2 Å². The van der Waals surface area contributed by atoms with E-state index < -0.39 is 12.2 Å². The lowest BCUT2D eigenvalue weighted by atomic mass is 10.0. The predicted molar refractivity (Wildman–Crippen MR) is 61.4 cm³/mol. The number of nitrogens with zero attached hydrogens (tertiary/aromatic N) is 1. The van der Waals surface area contributed by atoms with E-state index >= 15 is 0 Å². The Balaban J connectivity index is 2.62. The summed E-state index contributed by atoms with van der Waals surface area (Å²) in [6.45, 7) is 0.666. The second-order valence-corrected chi connectivity index (χ2v) is 4.26. The summed E-state index contributed by atoms with van der Waals surface area (Å²) in [5.41, 5.74) is 0.618. The van der Waals surface area contributed by atoms with Gasteiger partial charge >= 0.3 is 0 Å². The molecule has 1 aromatic heterocycles. The van der Waals surface area contributed by atoms with Gasteiger partial charge in [-0.05, 0) is 42.0 Å². The van der Waals surface area contributed by atoms with E-state index in [4.69, 9.17) is 0 Å². The van der Waals surface area contributed by atoms with Crippen LogP contribution in [0.1, 0.15) is 18.1 Å². The lowest BCUT2D eigenvalue weighted by Gasteiger charge is -2.17. The first-order valence-electron chi connectivity index (χ1n) is 4.76. The Hall–Kier alpha value is -0.490. The van der Waals surface area contributed by atoms with Crippen molar-refractivity contribution in [1.29, 1.82) is 0 Å². The molecule has 4 nitrogen and oxygen atoms in total. The van der Waals surface area contributed by atoms with E-state index in [0.29, 0.717) is 18.5 Å². The van der Waals surface area contributed by atoms with Gasteiger partial charge in [0.25, 0.3) is 0 Å². The molecule has 0 saturated heterocycles. The SMILES string of the molecule is CNCCC(O)C(O)c1cncc(Br)c1. The van der Waals surface area contributed by atoms with Gasteiger partial charge in [0.1, 0.15) is 6.10 Å². The van der Waals surface area contributed by atoms with E-state index in [0.717, 1.165) is 4.47 Å². The maximum atomic E-state index is 9.80. The van der Waals surface area contributed by atoms with Crippen LogP contribution in [-0.2, 0) is 0 Å². The van der Waals surface area contributed by atoms with E-state index in [1.807, 2.05) is 0 Å². The van der Waals surface area contributed by atoms with Crippen LogP contribution in [0.5, 0.6) is 0 Å². The van der Waals surface area contributed by atoms with Crippen molar-refractivity contribution in [1.82, 2.24) is 10.3 Å². The van der Waals surface area contributed by atoms with Crippen molar-refractivity contribution in [2.75, 3.05) is 13.6 Å². The molecule has 84 valence electrons. The standard InChI is InChI=1S/C10H15BrN2O2/c1-12-3-2-9(14)10(15)7-4-8(11)6-13-5-7/h4-6,9-10,12,14-15H,2-3H2,1H3. The van der Waals surface area contributed by atoms with Gasteiger partial charge in [-0.25, -0.2) is 0 Å². The number of aliphatic hydroxyl groups excluding tert-OH is 2. The van der Waals surface area contributed by atoms with Crippen LogP contribution < -0.4 is 5.32 Å². The third-order valence-corrected chi connectivity index (χ3v) is 2.56. The molecule has 2 atom stereocenters. The quantitative estimate of drug-likeness (QED) is 0.745. The van der Waals surface area contributed by atoms with Crippen molar-refractivity contribution in [2.24, 2.45) is 0 Å². The van der Waals surface area contributed by atoms with Crippen LogP contribution in [0.3, 0.4) is 0 Å². The number of rotatable bonds is 5. The Morgan fingerprint density at radius 3 is 2.80 bits per heavy atom. The van der Waals surface area contributed by atoms with Crippen LogP contribution in [0.15, 0.2) is 22.9 Å². The molecule has 5 heteroatoms. The Morgan fingerprint density at radius 1 is 1.47 bits per heavy atom. The zero-order valence-corrected chi connectivity index (χ0v) is 10.1. The van der Waals surface area contributed by atoms with Gasteiger partial charge < -0.3 is 15.5 Å². The normalized spacial score (nSPS) is 14.9. The fourth-order valence-corrected chi connectivity index (χ4v) is 1.64. The topological polar surface area (TPSA) is 65.4 Å². The molecule has 0 amide bonds. The average Bonchev–Trinajstić information content (AvgIpc) is 2.24. The molecule has 3 N–H and O–H groups in total. The molecule has 1 rings (SSSR count). The minimum Gasteiger partial charge on any atom is -0.390 e. The number of aliphatic hydroxyl groups is 2. The number of pyridine rings is 1. The van der Waals surface area contributed by atoms with Gasteiger partial charge in [0.2, 0.25) is 0 Å². The van der Waals surface area contributed by atoms with Crippen LogP contribution in [0.25, 0.3) is 0 Å². The summed E-state index contributed by atoms with van der Waals surface area (Å²) in [4.78, 5) is 3.93. The third kappa shape index (κ3) is 3.87. The number of nitrogens with one attached hydrogen (secondary N) is 1. The first-order valence-corrected chi connectivity index (χ1v) is 5.55. The summed E-state index contributed by atoms with van der Waals surface area (Å²) in [7, 11) is 1.81. The first-order chi connectivity index (χ1) is 7.15. The fourth-order valence-electron chi connectivity index (χ4n) is 1.26. The van der Waals surface area contributed by atoms with E-state index in [-0.39, 0.29) is 0 Å². The Kier molecular flexibility index (Phi) is 5.17. The van der Waals surface area contributed by atoms with E-state index in [1.54, 1.807) is 25.5 Å². The molecule has 0 fully saturated rings. The van der Waals surface area contributed by atoms with Crippen molar-refractivity contribution in [3.63, 3.8) is 0 Å². The third-order valence-electron chi connectivity index (χ3n) is 2.12. The molecule has 1 aromatic rings. The van der Waals surface area contributed by atoms with Crippen LogP contribution in [0.4, 0.5) is 0 Å². The maximum absolute atomic E-state index is 9.80. The number of hydrogen-bond donors (Lipinski definition) is 3. The largest absolute Gasteiger partial charge is 0.390 e. The van der Waals surface area contributed by atoms with Gasteiger partial charge in [-0.1, -0.05) is 0 Å². The van der Waals surface area contributed by atoms with Crippen molar-refractivity contribution in [3.05, 3.63) is 28.5 Å². The molecule has 0 bridgehead atoms. The van der Waals surface area contributed by atoms with Crippen molar-refractivity contribution >= 4 is 15.9 Å². The second kappa shape index (κ2) is 6.17. The Morgan fingerprint density at radius 2 is 2.20 bits per heavy atom. The van der Waals surface area contributed by atoms with Crippen LogP contribution in [0.2, 0.25) is 0 Å². The van der Waals surface area contributed by atoms with Gasteiger partial charge in [-0.3, -0.25) is 4.98 Å². The van der Waals surface area contributed by atoms with Gasteiger partial charge in [0.15, 0.2) is 0 Å². The highest BCUT2D eigenvalue weighted by molar-refractivity contribution is 9.10. The van der Waals surface area contributed by atoms with Crippen LogP contribution >= 0.6 is 15.9 Å². The molecule has 2 unspecified atom stereocenters. The predicted octanol–water partition coefficient (Wildman–Crippen LogP) is 0.848. The van der Waals surface area contributed by atoms with Gasteiger partial charge in [-0.15, -0.1) is 0 Å². The molecule has 0 aliphatic carbocycles. The maximum Gasteiger partial charge on any atom is 0.106 e. The number of aromatic nitrogens is 1. The van der Waals surface area contributed by atoms with Crippen molar-refractivity contribution in [2.45, 2.75) is 18.6 Å². The molecule has 0 aliphatic heterocycles. The highest BCUT2D eigenvalue weighted by Crippen LogP contribution is 2.20. The summed E-state index contributed by atoms with van der Waals surface area (Å²) >= 11 is 3.26. The fraction of sp³-hybridized carbons (Fsp3) is 0.500. The minimum absolute atomic E-state index is 0.504. The lowest BCUT2D eigenvalue weighted by molar-refractivity contribution is 0.0138. The summed E-state index contributed by atoms with van der Waals surface area (Å²) in [6.07, 6.45) is 2.04. The van der Waals surface area contributed by atoms with Gasteiger partial charge in [0.05, 0.1) is 6.10 Å². The number of hydrogen-bond acceptors (Lipinski definition) is 4. The first kappa shape index (κ1) is 12.6. The zero-order valence-electron chi connectivity index (χ0n) is 8.52. The molecule has 0 spiro atoms. The molecule has 0 aromatic carbocycles. The second-order valence-electron chi connectivity index (χ2n) is 3.34. The van der Waals surface area contributed by atoms with Crippen LogP contribution in [-0.4, -0.2) is 34.9 Å². The zero-order chi connectivity index (χ0) is 11.3. The Labute approximate surface area is 97.5 Å². The smallest absolute Gasteiger partial charge is 0.106 e. The lowest BCUT2D eigenvalue weighted by Crippen LogP contribution is -2.23. The van der Waals surface area contributed by atoms with Gasteiger partial charge in [0, 0.05) is 22.4 Å². The molecular weight excluding hydrogens is 260 g/mol. The van der Waals surface area contributed by atoms with E-state index in [1.165, 1.54) is 0 Å². The van der Waals surface area contributed by atoms with Crippen LogP contribution in [0, 0.1) is 0 Å². The summed E-state index contributed by atoms with van der Waals surface area (Å²) in [6, 6.07) is 1.75. The number of halogens is 1. The molecular formula is C10H15BrN2O2. The highest BCUT2D eigenvalue weighted by Gasteiger charge is 2.18. The summed E-state index contributed by atoms with van der Waals surface area (Å²) in [5, 5.41) is 22.4. The van der Waals surface area contributed by atoms with Crippen molar-refractivity contribution in [3.8, 4) is 0 Å². The molecule has 0 saturated carbocycles. The Bertz CT molecular complexity index is 309. The molecule has 0 radical (unpaired) electrons. The summed E-state index contributed by atoms with van der Waals surface area (Å²) in [5.74, 6) is 0. The van der Waals surface area contributed by atoms with E-state index in [9.17, 15) is 10.2 Å². The highest BCUT2D eigenvalue weighted by atomic mass is 79.9. The molecule has 1 heterocycles. The minimum atomic E-state index is -0.886. The molecule has 0 aliphatic rings. The summed E-state index contributed by atoms with van der Waals surface area (Å²) < 4.78 is 0.792. The monoisotopic (exact) mass is 274 g/mol. The van der Waals surface area contributed by atoms with Crippen molar-refractivity contribution < 1.29 is 10.2 Å².